The summed E-state index contributed by atoms with van der Waals surface area (Å²) in [5.74, 6) is -0.802. The van der Waals surface area contributed by atoms with E-state index < -0.39 is 30.2 Å². The van der Waals surface area contributed by atoms with Gasteiger partial charge in [0.2, 0.25) is 0 Å². The Morgan fingerprint density at radius 2 is 2.05 bits per heavy atom. The topological polar surface area (TPSA) is 102 Å². The van der Waals surface area contributed by atoms with Crippen LogP contribution in [0.2, 0.25) is 0 Å². The first-order valence-corrected chi connectivity index (χ1v) is 5.21. The van der Waals surface area contributed by atoms with Crippen LogP contribution in [0.25, 0.3) is 0 Å². The van der Waals surface area contributed by atoms with E-state index in [1.807, 2.05) is 5.32 Å². The third-order valence-electron chi connectivity index (χ3n) is 2.73. The van der Waals surface area contributed by atoms with Crippen molar-refractivity contribution in [3.05, 3.63) is 18.0 Å². The van der Waals surface area contributed by atoms with Crippen LogP contribution in [0.5, 0.6) is 0 Å². The molecule has 0 radical (unpaired) electrons. The van der Waals surface area contributed by atoms with Crippen LogP contribution in [0, 0.1) is 0 Å². The highest BCUT2D eigenvalue weighted by atomic mass is 35.5. The fraction of sp³-hybridized carbons (Fsp3) is 0.444. The molecule has 0 aromatic carbocycles. The van der Waals surface area contributed by atoms with Gasteiger partial charge < -0.3 is 11.1 Å². The van der Waals surface area contributed by atoms with E-state index in [0.717, 1.165) is 6.20 Å². The van der Waals surface area contributed by atoms with E-state index in [1.54, 1.807) is 0 Å². The number of imide groups is 1. The SMILES string of the molecule is Cl.NCC1(c2ccnn2CC(F)(F)F)NC(=O)NC1=O. The van der Waals surface area contributed by atoms with Gasteiger partial charge in [0.1, 0.15) is 6.54 Å². The lowest BCUT2D eigenvalue weighted by molar-refractivity contribution is -0.144. The number of aromatic nitrogens is 2. The quantitative estimate of drug-likeness (QED) is 0.676. The normalized spacial score (nSPS) is 22.2. The Morgan fingerprint density at radius 3 is 2.50 bits per heavy atom. The summed E-state index contributed by atoms with van der Waals surface area (Å²) in [6.07, 6.45) is -3.40. The molecule has 0 aliphatic carbocycles. The number of hydrogen-bond donors (Lipinski definition) is 3. The number of urea groups is 1. The molecule has 20 heavy (non-hydrogen) atoms. The lowest BCUT2D eigenvalue weighted by Crippen LogP contribution is -2.51. The Bertz CT molecular complexity index is 532. The Labute approximate surface area is 117 Å². The second kappa shape index (κ2) is 5.29. The van der Waals surface area contributed by atoms with E-state index in [1.165, 1.54) is 6.07 Å². The Morgan fingerprint density at radius 1 is 1.40 bits per heavy atom. The van der Waals surface area contributed by atoms with Crippen LogP contribution in [0.4, 0.5) is 18.0 Å². The number of carbonyl (C=O) groups is 2. The molecule has 1 fully saturated rings. The fourth-order valence-electron chi connectivity index (χ4n) is 1.91. The van der Waals surface area contributed by atoms with Crippen molar-refractivity contribution >= 4 is 24.3 Å². The highest BCUT2D eigenvalue weighted by molar-refractivity contribution is 6.07. The van der Waals surface area contributed by atoms with E-state index in [9.17, 15) is 22.8 Å². The third kappa shape index (κ3) is 2.70. The van der Waals surface area contributed by atoms with Crippen LogP contribution in [-0.4, -0.2) is 34.4 Å². The summed E-state index contributed by atoms with van der Waals surface area (Å²) in [5.41, 5.74) is 3.61. The van der Waals surface area contributed by atoms with Crippen molar-refractivity contribution in [2.75, 3.05) is 6.54 Å². The van der Waals surface area contributed by atoms with Gasteiger partial charge in [-0.2, -0.15) is 18.3 Å². The molecule has 1 atom stereocenters. The van der Waals surface area contributed by atoms with Gasteiger partial charge in [0.15, 0.2) is 5.54 Å². The maximum Gasteiger partial charge on any atom is 0.408 e. The minimum Gasteiger partial charge on any atom is -0.327 e. The van der Waals surface area contributed by atoms with E-state index >= 15 is 0 Å². The Balaban J connectivity index is 0.00000200. The van der Waals surface area contributed by atoms with E-state index in [2.05, 4.69) is 10.4 Å². The van der Waals surface area contributed by atoms with E-state index in [4.69, 9.17) is 5.73 Å². The molecule has 2 heterocycles. The first kappa shape index (κ1) is 16.2. The summed E-state index contributed by atoms with van der Waals surface area (Å²) < 4.78 is 37.8. The molecule has 4 N–H and O–H groups in total. The number of nitrogens with one attached hydrogen (secondary N) is 2. The van der Waals surface area contributed by atoms with Crippen LogP contribution in [-0.2, 0) is 16.9 Å². The molecule has 2 rings (SSSR count). The summed E-state index contributed by atoms with van der Waals surface area (Å²) >= 11 is 0. The summed E-state index contributed by atoms with van der Waals surface area (Å²) in [6.45, 7) is -1.76. The van der Waals surface area contributed by atoms with Crippen LogP contribution in [0.3, 0.4) is 0 Å². The highest BCUT2D eigenvalue weighted by Crippen LogP contribution is 2.26. The second-order valence-electron chi connectivity index (χ2n) is 4.01. The average Bonchev–Trinajstić information content (AvgIpc) is 2.81. The fourth-order valence-corrected chi connectivity index (χ4v) is 1.91. The van der Waals surface area contributed by atoms with Crippen LogP contribution < -0.4 is 16.4 Å². The van der Waals surface area contributed by atoms with Crippen LogP contribution in [0.1, 0.15) is 5.69 Å². The highest BCUT2D eigenvalue weighted by Gasteiger charge is 2.49. The molecule has 7 nitrogen and oxygen atoms in total. The molecule has 112 valence electrons. The van der Waals surface area contributed by atoms with Crippen molar-refractivity contribution in [1.82, 2.24) is 20.4 Å². The Hall–Kier alpha value is -1.81. The maximum atomic E-state index is 12.4. The molecule has 0 spiro atoms. The molecule has 0 saturated carbocycles. The van der Waals surface area contributed by atoms with Crippen LogP contribution in [0.15, 0.2) is 12.3 Å². The van der Waals surface area contributed by atoms with E-state index in [0.29, 0.717) is 4.68 Å². The number of amides is 3. The molecule has 0 bridgehead atoms. The first-order chi connectivity index (χ1) is 8.78. The van der Waals surface area contributed by atoms with Crippen molar-refractivity contribution < 1.29 is 22.8 Å². The lowest BCUT2D eigenvalue weighted by Gasteiger charge is -2.25. The number of hydrogen-bond acceptors (Lipinski definition) is 4. The van der Waals surface area contributed by atoms with Gasteiger partial charge in [-0.25, -0.2) is 4.79 Å². The van der Waals surface area contributed by atoms with Gasteiger partial charge in [-0.1, -0.05) is 0 Å². The predicted octanol–water partition coefficient (Wildman–Crippen LogP) is -0.139. The van der Waals surface area contributed by atoms with Crippen molar-refractivity contribution in [2.45, 2.75) is 18.3 Å². The number of alkyl halides is 3. The minimum absolute atomic E-state index is 0. The van der Waals surface area contributed by atoms with Crippen molar-refractivity contribution in [1.29, 1.82) is 0 Å². The molecule has 1 aliphatic rings. The van der Waals surface area contributed by atoms with Crippen molar-refractivity contribution in [3.63, 3.8) is 0 Å². The molecule has 11 heteroatoms. The molecule has 1 aliphatic heterocycles. The van der Waals surface area contributed by atoms with Gasteiger partial charge in [0, 0.05) is 12.7 Å². The number of halogens is 4. The number of carbonyl (C=O) groups excluding carboxylic acids is 2. The average molecular weight is 314 g/mol. The predicted molar refractivity (Wildman–Crippen MR) is 62.9 cm³/mol. The molecular formula is C9H11ClF3N5O2. The van der Waals surface area contributed by atoms with Crippen LogP contribution >= 0.6 is 12.4 Å². The zero-order chi connectivity index (χ0) is 14.3. The standard InChI is InChI=1S/C9H10F3N5O2.ClH/c10-9(11,12)4-17-5(1-2-14-17)8(3-13)6(18)15-7(19)16-8;/h1-2H,3-4,13H2,(H2,15,16,18,19);1H. The molecule has 1 unspecified atom stereocenters. The lowest BCUT2D eigenvalue weighted by atomic mass is 9.95. The minimum atomic E-state index is -4.50. The summed E-state index contributed by atoms with van der Waals surface area (Å²) in [5, 5.41) is 7.70. The first-order valence-electron chi connectivity index (χ1n) is 5.21. The summed E-state index contributed by atoms with van der Waals surface area (Å²) in [6, 6.07) is 0.402. The molecular weight excluding hydrogens is 303 g/mol. The Kier molecular flexibility index (Phi) is 4.30. The smallest absolute Gasteiger partial charge is 0.327 e. The van der Waals surface area contributed by atoms with Gasteiger partial charge in [0.05, 0.1) is 5.69 Å². The van der Waals surface area contributed by atoms with E-state index in [-0.39, 0.29) is 24.6 Å². The maximum absolute atomic E-state index is 12.4. The monoisotopic (exact) mass is 313 g/mol. The summed E-state index contributed by atoms with van der Waals surface area (Å²) in [7, 11) is 0. The van der Waals surface area contributed by atoms with Gasteiger partial charge in [0.25, 0.3) is 5.91 Å². The van der Waals surface area contributed by atoms with Crippen molar-refractivity contribution in [2.24, 2.45) is 5.73 Å². The number of nitrogens with zero attached hydrogens (tertiary/aromatic N) is 2. The van der Waals surface area contributed by atoms with Gasteiger partial charge in [-0.15, -0.1) is 12.4 Å². The molecule has 3 amide bonds. The van der Waals surface area contributed by atoms with Gasteiger partial charge in [-0.3, -0.25) is 14.8 Å². The molecule has 1 saturated heterocycles. The molecule has 1 aromatic heterocycles. The number of rotatable bonds is 3. The van der Waals surface area contributed by atoms with Gasteiger partial charge >= 0.3 is 12.2 Å². The zero-order valence-electron chi connectivity index (χ0n) is 9.90. The number of nitrogens with two attached hydrogens (primary N) is 1. The summed E-state index contributed by atoms with van der Waals surface area (Å²) in [4.78, 5) is 22.9. The van der Waals surface area contributed by atoms with Gasteiger partial charge in [-0.05, 0) is 6.07 Å². The van der Waals surface area contributed by atoms with Crippen molar-refractivity contribution in [3.8, 4) is 0 Å². The second-order valence-corrected chi connectivity index (χ2v) is 4.01. The largest absolute Gasteiger partial charge is 0.408 e. The zero-order valence-corrected chi connectivity index (χ0v) is 10.7. The third-order valence-corrected chi connectivity index (χ3v) is 2.73. The molecule has 1 aromatic rings.